The summed E-state index contributed by atoms with van der Waals surface area (Å²) in [4.78, 5) is 45.0. The number of hydrogen-bond acceptors (Lipinski definition) is 5. The first-order valence-corrected chi connectivity index (χ1v) is 10.4. The number of nitrogens with one attached hydrogen (secondary N) is 2. The molecule has 0 saturated heterocycles. The summed E-state index contributed by atoms with van der Waals surface area (Å²) < 4.78 is 0. The molecular weight excluding hydrogens is 404 g/mol. The molecule has 0 unspecified atom stereocenters. The van der Waals surface area contributed by atoms with E-state index in [0.29, 0.717) is 11.1 Å². The summed E-state index contributed by atoms with van der Waals surface area (Å²) in [7, 11) is 0. The van der Waals surface area contributed by atoms with Crippen LogP contribution in [-0.4, -0.2) is 45.8 Å². The van der Waals surface area contributed by atoms with E-state index in [0.717, 1.165) is 5.75 Å². The molecule has 3 N–H and O–H groups in total. The number of carboxylic acid groups (broad SMARTS) is 1. The number of thioether (sulfide) groups is 1. The van der Waals surface area contributed by atoms with Crippen LogP contribution < -0.4 is 10.6 Å². The van der Waals surface area contributed by atoms with Crippen molar-refractivity contribution in [2.45, 2.75) is 32.9 Å². The highest BCUT2D eigenvalue weighted by Crippen LogP contribution is 2.06. The molecule has 2 aromatic carbocycles. The van der Waals surface area contributed by atoms with Crippen LogP contribution in [0.25, 0.3) is 0 Å². The molecule has 7 nitrogen and oxygen atoms in total. The van der Waals surface area contributed by atoms with Crippen LogP contribution in [0.3, 0.4) is 0 Å². The third kappa shape index (κ3) is 8.91. The van der Waals surface area contributed by atoms with E-state index in [9.17, 15) is 19.2 Å². The fourth-order valence-corrected chi connectivity index (χ4v) is 2.72. The first kappa shape index (κ1) is 24.9. The van der Waals surface area contributed by atoms with Crippen molar-refractivity contribution in [2.75, 3.05) is 5.75 Å². The minimum atomic E-state index is -1.05. The van der Waals surface area contributed by atoms with Crippen molar-refractivity contribution >= 4 is 34.7 Å². The third-order valence-corrected chi connectivity index (χ3v) is 4.70. The maximum Gasteiger partial charge on any atom is 0.325 e. The van der Waals surface area contributed by atoms with Crippen LogP contribution in [-0.2, 0) is 9.59 Å². The second kappa shape index (κ2) is 13.2. The molecule has 0 fully saturated rings. The Kier molecular flexibility index (Phi) is 10.9. The molecule has 160 valence electrons. The molecular formula is C22H26N2O5S. The molecule has 2 amide bonds. The number of carboxylic acids is 1. The largest absolute Gasteiger partial charge is 0.480 e. The maximum absolute atomic E-state index is 11.7. The lowest BCUT2D eigenvalue weighted by molar-refractivity contribution is -0.138. The van der Waals surface area contributed by atoms with Gasteiger partial charge in [-0.2, -0.15) is 0 Å². The van der Waals surface area contributed by atoms with Crippen LogP contribution in [0.5, 0.6) is 0 Å². The Labute approximate surface area is 180 Å². The quantitative estimate of drug-likeness (QED) is 0.623. The molecule has 0 aliphatic heterocycles. The highest BCUT2D eigenvalue weighted by atomic mass is 32.2. The number of aliphatic carboxylic acids is 1. The van der Waals surface area contributed by atoms with Gasteiger partial charge in [-0.25, -0.2) is 0 Å². The standard InChI is InChI=1S/C12H15NO2S.C10H11NO3/c1-3-16-12(15)9(2)13-11(14)10-7-5-4-6-8-10;1-7(10(13)14)11-9(12)8-5-3-2-4-6-8/h4-9H,3H2,1-2H3,(H,13,14);2-7H,1H3,(H,11,12)(H,13,14)/t9-;7-/m11/s1. The topological polar surface area (TPSA) is 113 Å². The van der Waals surface area contributed by atoms with Crippen molar-refractivity contribution in [3.63, 3.8) is 0 Å². The Balaban J connectivity index is 0.000000303. The predicted octanol–water partition coefficient (Wildman–Crippen LogP) is 2.97. The molecule has 0 bridgehead atoms. The molecule has 8 heteroatoms. The van der Waals surface area contributed by atoms with E-state index in [2.05, 4.69) is 10.6 Å². The van der Waals surface area contributed by atoms with Crippen LogP contribution in [0.1, 0.15) is 41.5 Å². The second-order valence-corrected chi connectivity index (χ2v) is 7.48. The average molecular weight is 431 g/mol. The molecule has 2 aromatic rings. The van der Waals surface area contributed by atoms with Crippen LogP contribution in [0.2, 0.25) is 0 Å². The van der Waals surface area contributed by atoms with Gasteiger partial charge in [0.1, 0.15) is 6.04 Å². The molecule has 0 aromatic heterocycles. The van der Waals surface area contributed by atoms with Crippen LogP contribution in [0.15, 0.2) is 60.7 Å². The van der Waals surface area contributed by atoms with Crippen molar-refractivity contribution in [1.29, 1.82) is 0 Å². The molecule has 0 radical (unpaired) electrons. The van der Waals surface area contributed by atoms with Gasteiger partial charge in [0.15, 0.2) is 0 Å². The summed E-state index contributed by atoms with van der Waals surface area (Å²) >= 11 is 1.22. The average Bonchev–Trinajstić information content (AvgIpc) is 2.75. The number of carbonyl (C=O) groups excluding carboxylic acids is 3. The molecule has 2 rings (SSSR count). The number of hydrogen-bond donors (Lipinski definition) is 3. The van der Waals surface area contributed by atoms with Crippen molar-refractivity contribution < 1.29 is 24.3 Å². The molecule has 30 heavy (non-hydrogen) atoms. The molecule has 0 aliphatic rings. The molecule has 0 spiro atoms. The van der Waals surface area contributed by atoms with Gasteiger partial charge < -0.3 is 15.7 Å². The maximum atomic E-state index is 11.7. The van der Waals surface area contributed by atoms with Gasteiger partial charge in [-0.1, -0.05) is 55.1 Å². The van der Waals surface area contributed by atoms with Gasteiger partial charge in [0.25, 0.3) is 11.8 Å². The van der Waals surface area contributed by atoms with Gasteiger partial charge in [0.2, 0.25) is 5.12 Å². The lowest BCUT2D eigenvalue weighted by Crippen LogP contribution is -2.38. The summed E-state index contributed by atoms with van der Waals surface area (Å²) in [5.74, 6) is -0.905. The minimum Gasteiger partial charge on any atom is -0.480 e. The van der Waals surface area contributed by atoms with Gasteiger partial charge in [-0.3, -0.25) is 19.2 Å². The molecule has 2 atom stereocenters. The predicted molar refractivity (Wildman–Crippen MR) is 118 cm³/mol. The summed E-state index contributed by atoms with van der Waals surface area (Å²) in [6.07, 6.45) is 0. The monoisotopic (exact) mass is 430 g/mol. The van der Waals surface area contributed by atoms with Crippen molar-refractivity contribution in [2.24, 2.45) is 0 Å². The van der Waals surface area contributed by atoms with E-state index in [1.54, 1.807) is 61.5 Å². The number of carbonyl (C=O) groups is 4. The van der Waals surface area contributed by atoms with Crippen molar-refractivity contribution in [3.8, 4) is 0 Å². The zero-order chi connectivity index (χ0) is 22.5. The van der Waals surface area contributed by atoms with Crippen LogP contribution in [0.4, 0.5) is 0 Å². The third-order valence-electron chi connectivity index (χ3n) is 3.78. The fourth-order valence-electron chi connectivity index (χ4n) is 2.13. The number of amides is 2. The van der Waals surface area contributed by atoms with Crippen molar-refractivity contribution in [1.82, 2.24) is 10.6 Å². The zero-order valence-corrected chi connectivity index (χ0v) is 17.9. The normalized spacial score (nSPS) is 11.8. The second-order valence-electron chi connectivity index (χ2n) is 6.21. The van der Waals surface area contributed by atoms with Crippen LogP contribution in [0, 0.1) is 0 Å². The summed E-state index contributed by atoms with van der Waals surface area (Å²) in [5.41, 5.74) is 1.03. The molecule has 0 heterocycles. The highest BCUT2D eigenvalue weighted by molar-refractivity contribution is 8.13. The Morgan fingerprint density at radius 3 is 1.57 bits per heavy atom. The first-order chi connectivity index (χ1) is 14.3. The van der Waals surface area contributed by atoms with E-state index in [1.165, 1.54) is 18.7 Å². The van der Waals surface area contributed by atoms with Gasteiger partial charge in [0.05, 0.1) is 6.04 Å². The molecule has 0 saturated carbocycles. The van der Waals surface area contributed by atoms with E-state index < -0.39 is 18.1 Å². The van der Waals surface area contributed by atoms with Gasteiger partial charge in [-0.05, 0) is 43.9 Å². The summed E-state index contributed by atoms with van der Waals surface area (Å²) in [6.45, 7) is 5.03. The summed E-state index contributed by atoms with van der Waals surface area (Å²) in [6, 6.07) is 16.0. The lowest BCUT2D eigenvalue weighted by Gasteiger charge is -2.11. The SMILES string of the molecule is CCSC(=O)[C@@H](C)NC(=O)c1ccccc1.C[C@@H](NC(=O)c1ccccc1)C(=O)O. The van der Waals surface area contributed by atoms with E-state index >= 15 is 0 Å². The minimum absolute atomic E-state index is 0.00761. The van der Waals surface area contributed by atoms with E-state index in [-0.39, 0.29) is 16.9 Å². The Hall–Kier alpha value is -3.13. The van der Waals surface area contributed by atoms with Gasteiger partial charge in [-0.15, -0.1) is 0 Å². The van der Waals surface area contributed by atoms with E-state index in [1.807, 2.05) is 13.0 Å². The van der Waals surface area contributed by atoms with Crippen LogP contribution >= 0.6 is 11.8 Å². The zero-order valence-electron chi connectivity index (χ0n) is 17.1. The lowest BCUT2D eigenvalue weighted by atomic mass is 10.2. The Morgan fingerprint density at radius 1 is 0.800 bits per heavy atom. The van der Waals surface area contributed by atoms with Gasteiger partial charge >= 0.3 is 5.97 Å². The smallest absolute Gasteiger partial charge is 0.325 e. The Bertz CT molecular complexity index is 843. The summed E-state index contributed by atoms with van der Waals surface area (Å²) in [5, 5.41) is 13.6. The number of rotatable bonds is 7. The Morgan fingerprint density at radius 2 is 1.20 bits per heavy atom. The number of benzene rings is 2. The first-order valence-electron chi connectivity index (χ1n) is 9.37. The fraction of sp³-hybridized carbons (Fsp3) is 0.273. The van der Waals surface area contributed by atoms with Gasteiger partial charge in [0, 0.05) is 11.1 Å². The molecule has 0 aliphatic carbocycles. The van der Waals surface area contributed by atoms with Crippen molar-refractivity contribution in [3.05, 3.63) is 71.8 Å². The van der Waals surface area contributed by atoms with E-state index in [4.69, 9.17) is 5.11 Å². The highest BCUT2D eigenvalue weighted by Gasteiger charge is 2.16.